The van der Waals surface area contributed by atoms with E-state index in [9.17, 15) is 14.4 Å². The van der Waals surface area contributed by atoms with Gasteiger partial charge in [-0.3, -0.25) is 0 Å². The zero-order chi connectivity index (χ0) is 25.3. The first-order valence-corrected chi connectivity index (χ1v) is 10.6. The van der Waals surface area contributed by atoms with Crippen molar-refractivity contribution in [1.82, 2.24) is 4.90 Å². The number of benzene rings is 2. The van der Waals surface area contributed by atoms with Crippen LogP contribution in [0.15, 0.2) is 60.7 Å². The molecule has 0 aliphatic rings. The minimum absolute atomic E-state index is 0.150. The smallest absolute Gasteiger partial charge is 0.424 e. The lowest BCUT2D eigenvalue weighted by Crippen LogP contribution is -2.43. The highest BCUT2D eigenvalue weighted by atomic mass is 16.6. The maximum absolute atomic E-state index is 12.6. The molecule has 0 N–H and O–H groups in total. The fourth-order valence-corrected chi connectivity index (χ4v) is 2.71. The summed E-state index contributed by atoms with van der Waals surface area (Å²) < 4.78 is 24.8. The van der Waals surface area contributed by atoms with E-state index in [1.165, 1.54) is 36.8 Å². The Kier molecular flexibility index (Phi) is 11.5. The number of esters is 1. The van der Waals surface area contributed by atoms with Gasteiger partial charge in [0.2, 0.25) is 6.10 Å². The number of rotatable bonds is 12. The van der Waals surface area contributed by atoms with Crippen molar-refractivity contribution in [3.63, 3.8) is 0 Å². The summed E-state index contributed by atoms with van der Waals surface area (Å²) in [4.78, 5) is 38.3. The minimum atomic E-state index is -1.18. The standard InChI is InChI=1S/C24H23N3O8/c25-17-31-15-8-7-13-21(33-18-26)22(28)32-16-14-27(23(29)34-19-9-3-1-4-10-19)24(30)35-20-11-5-2-6-12-20/h1-6,9-12,21H,7-8,13-16H2. The summed E-state index contributed by atoms with van der Waals surface area (Å²) in [6, 6.07) is 16.2. The first-order valence-electron chi connectivity index (χ1n) is 10.6. The zero-order valence-electron chi connectivity index (χ0n) is 18.7. The molecule has 11 nitrogen and oxygen atoms in total. The monoisotopic (exact) mass is 481 g/mol. The van der Waals surface area contributed by atoms with E-state index in [0.717, 1.165) is 0 Å². The van der Waals surface area contributed by atoms with Crippen LogP contribution in [0.3, 0.4) is 0 Å². The lowest BCUT2D eigenvalue weighted by molar-refractivity contribution is -0.154. The van der Waals surface area contributed by atoms with Crippen LogP contribution in [-0.2, 0) is 19.0 Å². The Bertz CT molecular complexity index is 981. The SMILES string of the molecule is N#COCCCCC(OC#N)C(=O)OCCN(C(=O)Oc1ccccc1)C(=O)Oc1ccccc1. The molecule has 1 unspecified atom stereocenters. The first-order chi connectivity index (χ1) is 17.0. The van der Waals surface area contributed by atoms with Crippen LogP contribution >= 0.6 is 0 Å². The number of carbonyl (C=O) groups excluding carboxylic acids is 3. The van der Waals surface area contributed by atoms with Crippen LogP contribution in [0.5, 0.6) is 11.5 Å². The average molecular weight is 481 g/mol. The lowest BCUT2D eigenvalue weighted by atomic mass is 10.1. The Hall–Kier alpha value is -4.77. The van der Waals surface area contributed by atoms with Crippen molar-refractivity contribution in [3.8, 4) is 24.0 Å². The predicted octanol–water partition coefficient (Wildman–Crippen LogP) is 3.76. The fourth-order valence-electron chi connectivity index (χ4n) is 2.71. The molecule has 2 amide bonds. The van der Waals surface area contributed by atoms with Crippen molar-refractivity contribution >= 4 is 18.2 Å². The fraction of sp³-hybridized carbons (Fsp3) is 0.292. The van der Waals surface area contributed by atoms with E-state index in [1.54, 1.807) is 36.4 Å². The summed E-state index contributed by atoms with van der Waals surface area (Å²) in [6.45, 7) is -0.597. The van der Waals surface area contributed by atoms with Gasteiger partial charge in [-0.1, -0.05) is 36.4 Å². The molecule has 0 bridgehead atoms. The van der Waals surface area contributed by atoms with Crippen LogP contribution in [0.25, 0.3) is 0 Å². The topological polar surface area (TPSA) is 148 Å². The van der Waals surface area contributed by atoms with E-state index >= 15 is 0 Å². The molecule has 0 aliphatic heterocycles. The second-order valence-electron chi connectivity index (χ2n) is 6.81. The molecule has 0 fully saturated rings. The van der Waals surface area contributed by atoms with Gasteiger partial charge in [0.15, 0.2) is 0 Å². The number of hydrogen-bond acceptors (Lipinski definition) is 10. The van der Waals surface area contributed by atoms with Gasteiger partial charge in [-0.15, -0.1) is 0 Å². The molecule has 0 aliphatic carbocycles. The molecule has 0 aromatic heterocycles. The van der Waals surface area contributed by atoms with Crippen LogP contribution in [0.1, 0.15) is 19.3 Å². The second-order valence-corrected chi connectivity index (χ2v) is 6.81. The van der Waals surface area contributed by atoms with Crippen molar-refractivity contribution in [2.45, 2.75) is 25.4 Å². The van der Waals surface area contributed by atoms with Crippen LogP contribution in [0, 0.1) is 23.0 Å². The number of nitriles is 2. The number of unbranched alkanes of at least 4 members (excludes halogenated alkanes) is 1. The molecule has 0 saturated carbocycles. The number of amides is 2. The van der Waals surface area contributed by atoms with Crippen molar-refractivity contribution < 1.29 is 38.1 Å². The van der Waals surface area contributed by atoms with Crippen LogP contribution in [0.4, 0.5) is 9.59 Å². The van der Waals surface area contributed by atoms with E-state index in [-0.39, 0.29) is 31.1 Å². The Labute approximate surface area is 201 Å². The third-order valence-electron chi connectivity index (χ3n) is 4.38. The van der Waals surface area contributed by atoms with E-state index in [1.807, 2.05) is 0 Å². The molecule has 0 heterocycles. The molecule has 2 aromatic carbocycles. The van der Waals surface area contributed by atoms with E-state index in [2.05, 4.69) is 4.74 Å². The van der Waals surface area contributed by atoms with Gasteiger partial charge in [0.25, 0.3) is 12.5 Å². The van der Waals surface area contributed by atoms with Gasteiger partial charge in [0.1, 0.15) is 24.7 Å². The number of imide groups is 1. The highest BCUT2D eigenvalue weighted by Gasteiger charge is 2.27. The minimum Gasteiger partial charge on any atom is -0.461 e. The number of carbonyl (C=O) groups is 3. The Balaban J connectivity index is 1.97. The second kappa shape index (κ2) is 15.1. The third kappa shape index (κ3) is 9.72. The number of nitrogens with zero attached hydrogens (tertiary/aromatic N) is 3. The van der Waals surface area contributed by atoms with E-state index in [4.69, 9.17) is 29.5 Å². The summed E-state index contributed by atoms with van der Waals surface area (Å²) in [6.07, 6.45) is 0.793. The quantitative estimate of drug-likeness (QED) is 0.249. The molecule has 1 atom stereocenters. The molecular formula is C24H23N3O8. The predicted molar refractivity (Wildman–Crippen MR) is 118 cm³/mol. The molecule has 2 aromatic rings. The lowest BCUT2D eigenvalue weighted by Gasteiger charge is -2.20. The summed E-state index contributed by atoms with van der Waals surface area (Å²) in [5, 5.41) is 17.1. The van der Waals surface area contributed by atoms with Crippen LogP contribution < -0.4 is 9.47 Å². The number of para-hydroxylation sites is 2. The van der Waals surface area contributed by atoms with Gasteiger partial charge in [0.05, 0.1) is 6.54 Å². The maximum Gasteiger partial charge on any atom is 0.424 e. The Morgan fingerprint density at radius 2 is 1.37 bits per heavy atom. The highest BCUT2D eigenvalue weighted by molar-refractivity contribution is 5.89. The molecule has 0 spiro atoms. The molecule has 2 rings (SSSR count). The normalized spacial score (nSPS) is 10.6. The maximum atomic E-state index is 12.6. The van der Waals surface area contributed by atoms with Crippen LogP contribution in [0.2, 0.25) is 0 Å². The molecule has 35 heavy (non-hydrogen) atoms. The first kappa shape index (κ1) is 26.5. The van der Waals surface area contributed by atoms with Gasteiger partial charge in [-0.25, -0.2) is 19.3 Å². The van der Waals surface area contributed by atoms with Crippen molar-refractivity contribution in [2.24, 2.45) is 0 Å². The van der Waals surface area contributed by atoms with E-state index < -0.39 is 30.9 Å². The highest BCUT2D eigenvalue weighted by Crippen LogP contribution is 2.14. The van der Waals surface area contributed by atoms with Gasteiger partial charge in [-0.05, 0) is 43.5 Å². The Morgan fingerprint density at radius 3 is 1.89 bits per heavy atom. The average Bonchev–Trinajstić information content (AvgIpc) is 2.86. The molecule has 0 radical (unpaired) electrons. The summed E-state index contributed by atoms with van der Waals surface area (Å²) >= 11 is 0. The van der Waals surface area contributed by atoms with Crippen molar-refractivity contribution in [2.75, 3.05) is 19.8 Å². The zero-order valence-corrected chi connectivity index (χ0v) is 18.7. The molecule has 182 valence electrons. The van der Waals surface area contributed by atoms with Gasteiger partial charge >= 0.3 is 18.2 Å². The van der Waals surface area contributed by atoms with Crippen molar-refractivity contribution in [1.29, 1.82) is 10.5 Å². The van der Waals surface area contributed by atoms with E-state index in [0.29, 0.717) is 17.7 Å². The number of hydrogen-bond donors (Lipinski definition) is 0. The van der Waals surface area contributed by atoms with Crippen molar-refractivity contribution in [3.05, 3.63) is 60.7 Å². The Morgan fingerprint density at radius 1 is 0.800 bits per heavy atom. The summed E-state index contributed by atoms with van der Waals surface area (Å²) in [7, 11) is 0. The summed E-state index contributed by atoms with van der Waals surface area (Å²) in [5.74, 6) is -0.440. The largest absolute Gasteiger partial charge is 0.461 e. The van der Waals surface area contributed by atoms with Gasteiger partial charge < -0.3 is 23.7 Å². The van der Waals surface area contributed by atoms with Crippen LogP contribution in [-0.4, -0.2) is 48.9 Å². The van der Waals surface area contributed by atoms with Gasteiger partial charge in [-0.2, -0.15) is 10.5 Å². The third-order valence-corrected chi connectivity index (χ3v) is 4.38. The summed E-state index contributed by atoms with van der Waals surface area (Å²) in [5.41, 5.74) is 0. The molecular weight excluding hydrogens is 458 g/mol. The molecule has 0 saturated heterocycles. The molecule has 11 heteroatoms. The van der Waals surface area contributed by atoms with Gasteiger partial charge in [0, 0.05) is 0 Å². The number of ether oxygens (including phenoxy) is 5.